The highest BCUT2D eigenvalue weighted by molar-refractivity contribution is 7.00. The molecular weight excluding hydrogens is 1450 g/mol. The van der Waals surface area contributed by atoms with Gasteiger partial charge in [0.1, 0.15) is 18.3 Å². The highest BCUT2D eigenvalue weighted by Crippen LogP contribution is 2.43. The van der Waals surface area contributed by atoms with Gasteiger partial charge in [0.2, 0.25) is 0 Å². The molecule has 3 aliphatic rings. The summed E-state index contributed by atoms with van der Waals surface area (Å²) >= 11 is 0. The quantitative estimate of drug-likeness (QED) is 0.0349. The van der Waals surface area contributed by atoms with Crippen molar-refractivity contribution < 1.29 is 66.2 Å². The van der Waals surface area contributed by atoms with Gasteiger partial charge in [-0.3, -0.25) is 0 Å². The van der Waals surface area contributed by atoms with Crippen molar-refractivity contribution in [3.8, 4) is 0 Å². The summed E-state index contributed by atoms with van der Waals surface area (Å²) in [4.78, 5) is 26.9. The number of esters is 2. The summed E-state index contributed by atoms with van der Waals surface area (Å²) in [7, 11) is -5.74. The van der Waals surface area contributed by atoms with Crippen LogP contribution in [0.15, 0.2) is 303 Å². The molecule has 0 amide bonds. The van der Waals surface area contributed by atoms with Gasteiger partial charge in [-0.25, -0.2) is 9.59 Å². The average Bonchev–Trinajstić information content (AvgIpc) is 0.754. The molecule has 3 fully saturated rings. The van der Waals surface area contributed by atoms with E-state index in [1.54, 1.807) is 36.4 Å². The molecule has 1 saturated carbocycles. The molecule has 16 heteroatoms. The van der Waals surface area contributed by atoms with E-state index in [0.29, 0.717) is 57.2 Å². The van der Waals surface area contributed by atoms with Crippen LogP contribution in [0.4, 0.5) is 0 Å². The predicted octanol–water partition coefficient (Wildman–Crippen LogP) is 16.5. The molecule has 0 aromatic heterocycles. The number of aliphatic hydroxyl groups excluding tert-OH is 1. The van der Waals surface area contributed by atoms with Crippen molar-refractivity contribution in [2.24, 2.45) is 17.8 Å². The van der Waals surface area contributed by atoms with Crippen LogP contribution in [0.1, 0.15) is 119 Å². The van der Waals surface area contributed by atoms with Gasteiger partial charge in [-0.05, 0) is 97.6 Å². The number of benzene rings is 10. The molecule has 113 heavy (non-hydrogen) atoms. The van der Waals surface area contributed by atoms with E-state index in [9.17, 15) is 14.7 Å². The smallest absolute Gasteiger partial charge is 0.338 e. The van der Waals surface area contributed by atoms with Gasteiger partial charge in [-0.2, -0.15) is 0 Å². The minimum absolute atomic E-state index is 0.161. The fraction of sp³-hybridized carbons (Fsp3) is 0.361. The van der Waals surface area contributed by atoms with Crippen molar-refractivity contribution in [3.63, 3.8) is 0 Å². The van der Waals surface area contributed by atoms with Crippen molar-refractivity contribution in [1.82, 2.24) is 0 Å². The van der Waals surface area contributed by atoms with E-state index in [0.717, 1.165) is 22.3 Å². The number of ether oxygens (including phenoxy) is 9. The third-order valence-electron chi connectivity index (χ3n) is 22.5. The Morgan fingerprint density at radius 3 is 1.04 bits per heavy atom. The highest BCUT2D eigenvalue weighted by atomic mass is 28.4. The number of carbonyl (C=O) groups is 2. The second-order valence-electron chi connectivity index (χ2n) is 32.3. The molecule has 1 N–H and O–H groups in total. The molecule has 10 aromatic carbocycles. The number of hydrogen-bond acceptors (Lipinski definition) is 14. The van der Waals surface area contributed by atoms with Gasteiger partial charge in [0.15, 0.2) is 12.2 Å². The number of aliphatic hydroxyl groups is 1. The van der Waals surface area contributed by atoms with Gasteiger partial charge in [0.05, 0.1) is 100 Å². The third-order valence-corrected chi connectivity index (χ3v) is 32.5. The van der Waals surface area contributed by atoms with Crippen LogP contribution in [-0.2, 0) is 77.9 Å². The maximum Gasteiger partial charge on any atom is 0.338 e. The van der Waals surface area contributed by atoms with Crippen LogP contribution in [0.5, 0.6) is 0 Å². The summed E-state index contributed by atoms with van der Waals surface area (Å²) in [5.41, 5.74) is 5.06. The lowest BCUT2D eigenvalue weighted by molar-refractivity contribution is -0.271. The SMILES string of the molecule is CC1OC(CO[Si](c2ccccc2)(c2ccccc2)C(C)(C)C)C(C)C(O)C1OC(=O)c1ccccc1.CC1OC(CO[Si](c2ccccc2)(c2ccccc2)C(C)(C)C)C(C)C(OC2CC(COCc3ccccc3)C(OCc3ccccc3)C(OCc3ccccc3)C2OCc2ccccc2)C1OC(=O)c1ccccc1. The van der Waals surface area contributed by atoms with E-state index in [1.165, 1.54) is 20.7 Å². The normalized spacial score (nSPS) is 24.1. The van der Waals surface area contributed by atoms with Crippen LogP contribution in [0.3, 0.4) is 0 Å². The van der Waals surface area contributed by atoms with Crippen molar-refractivity contribution >= 4 is 49.3 Å². The van der Waals surface area contributed by atoms with Crippen LogP contribution in [0.25, 0.3) is 0 Å². The first-order valence-electron chi connectivity index (χ1n) is 40.0. The van der Waals surface area contributed by atoms with Crippen LogP contribution in [0, 0.1) is 17.8 Å². The largest absolute Gasteiger partial charge is 0.453 e. The molecule has 15 unspecified atom stereocenters. The standard InChI is InChI=1S/C66H74O9Si.C31H38O5Si/c1-48-59(47-72-76(66(3,4)5,56-37-23-11-24-38-56)57-39-25-12-26-40-57)73-49(2)61(75-65(67)54-35-21-10-22-36-54)60(48)74-58-41-55(46-68-42-50-27-13-6-14-28-50)62(69-43-51-29-15-7-16-30-51)64(71-45-53-33-19-9-20-34-53)63(58)70-44-52-31-17-8-18-32-52;1-22-27(35-23(2)29(28(22)32)36-30(33)24-15-9-6-10-16-24)21-34-37(31(3,4)5,25-17-11-7-12-18-25)26-19-13-8-14-20-26/h6-40,48-49,55,58-64H,41-47H2,1-5H3;6-20,22-23,27-29,32H,21H2,1-5H3. The summed E-state index contributed by atoms with van der Waals surface area (Å²) in [6, 6.07) is 101. The molecule has 14 nitrogen and oxygen atoms in total. The molecular formula is C97H112O14Si2. The average molecular weight is 1560 g/mol. The zero-order valence-electron chi connectivity index (χ0n) is 66.9. The molecule has 0 bridgehead atoms. The van der Waals surface area contributed by atoms with E-state index < -0.39 is 95.7 Å². The molecule has 2 aliphatic heterocycles. The van der Waals surface area contributed by atoms with Crippen LogP contribution < -0.4 is 20.7 Å². The molecule has 2 heterocycles. The molecule has 13 rings (SSSR count). The van der Waals surface area contributed by atoms with Gasteiger partial charge in [0, 0.05) is 17.8 Å². The summed E-state index contributed by atoms with van der Waals surface area (Å²) in [6.07, 6.45) is -6.76. The third kappa shape index (κ3) is 20.6. The first kappa shape index (κ1) is 83.6. The molecule has 10 aromatic rings. The fourth-order valence-electron chi connectivity index (χ4n) is 16.5. The monoisotopic (exact) mass is 1560 g/mol. The minimum atomic E-state index is -2.99. The van der Waals surface area contributed by atoms with Crippen molar-refractivity contribution in [3.05, 3.63) is 337 Å². The Hall–Kier alpha value is -8.83. The second-order valence-corrected chi connectivity index (χ2v) is 40.9. The van der Waals surface area contributed by atoms with E-state index in [2.05, 4.69) is 206 Å². The maximum atomic E-state index is 14.3. The van der Waals surface area contributed by atoms with Crippen molar-refractivity contribution in [2.75, 3.05) is 19.8 Å². The summed E-state index contributed by atoms with van der Waals surface area (Å²) < 4.78 is 76.3. The lowest BCUT2D eigenvalue weighted by Gasteiger charge is -2.50. The lowest BCUT2D eigenvalue weighted by atomic mass is 9.79. The highest BCUT2D eigenvalue weighted by Gasteiger charge is 2.56. The molecule has 2 saturated heterocycles. The van der Waals surface area contributed by atoms with Gasteiger partial charge >= 0.3 is 11.9 Å². The predicted molar refractivity (Wildman–Crippen MR) is 449 cm³/mol. The fourth-order valence-corrected chi connectivity index (χ4v) is 25.6. The van der Waals surface area contributed by atoms with Crippen LogP contribution >= 0.6 is 0 Å². The zero-order chi connectivity index (χ0) is 79.4. The first-order chi connectivity index (χ1) is 54.7. The zero-order valence-corrected chi connectivity index (χ0v) is 68.9. The molecule has 1 aliphatic carbocycles. The Labute approximate surface area is 671 Å². The Morgan fingerprint density at radius 2 is 0.673 bits per heavy atom. The Morgan fingerprint density at radius 1 is 0.363 bits per heavy atom. The van der Waals surface area contributed by atoms with Crippen molar-refractivity contribution in [1.29, 1.82) is 0 Å². The Bertz CT molecular complexity index is 4380. The van der Waals surface area contributed by atoms with Gasteiger partial charge in [-0.1, -0.05) is 334 Å². The number of hydrogen-bond donors (Lipinski definition) is 1. The number of carbonyl (C=O) groups excluding carboxylic acids is 2. The summed E-state index contributed by atoms with van der Waals surface area (Å²) in [6.45, 7) is 23.8. The second kappa shape index (κ2) is 39.5. The topological polar surface area (TPSA) is 156 Å². The Balaban J connectivity index is 0.000000267. The van der Waals surface area contributed by atoms with Gasteiger partial charge < -0.3 is 56.6 Å². The molecule has 0 spiro atoms. The minimum Gasteiger partial charge on any atom is -0.453 e. The number of rotatable bonds is 29. The van der Waals surface area contributed by atoms with Gasteiger partial charge in [-0.15, -0.1) is 0 Å². The van der Waals surface area contributed by atoms with Crippen LogP contribution in [0.2, 0.25) is 10.1 Å². The van der Waals surface area contributed by atoms with Gasteiger partial charge in [0.25, 0.3) is 16.6 Å². The molecule has 592 valence electrons. The molecule has 0 radical (unpaired) electrons. The van der Waals surface area contributed by atoms with Crippen LogP contribution in [-0.4, -0.2) is 127 Å². The molecule has 15 atom stereocenters. The summed E-state index contributed by atoms with van der Waals surface area (Å²) in [5.74, 6) is -1.74. The van der Waals surface area contributed by atoms with E-state index in [1.807, 2.05) is 130 Å². The Kier molecular flexibility index (Phi) is 29.2. The maximum absolute atomic E-state index is 14.3. The lowest BCUT2D eigenvalue weighted by Crippen LogP contribution is -2.68. The first-order valence-corrected chi connectivity index (χ1v) is 43.8. The van der Waals surface area contributed by atoms with E-state index >= 15 is 0 Å². The summed E-state index contributed by atoms with van der Waals surface area (Å²) in [5, 5.41) is 15.5. The van der Waals surface area contributed by atoms with Crippen molar-refractivity contribution in [2.45, 2.75) is 185 Å². The van der Waals surface area contributed by atoms with E-state index in [-0.39, 0.29) is 40.5 Å². The van der Waals surface area contributed by atoms with E-state index in [4.69, 9.17) is 51.5 Å².